The third-order valence-corrected chi connectivity index (χ3v) is 4.10. The summed E-state index contributed by atoms with van der Waals surface area (Å²) in [5.74, 6) is 0.936. The van der Waals surface area contributed by atoms with Gasteiger partial charge in [0.1, 0.15) is 5.75 Å². The Kier molecular flexibility index (Phi) is 2.49. The number of rotatable bonds is 1. The average Bonchev–Trinajstić information content (AvgIpc) is 2.53. The Morgan fingerprint density at radius 1 is 1.00 bits per heavy atom. The molecule has 0 bridgehead atoms. The number of para-hydroxylation sites is 1. The molecule has 0 fully saturated rings. The van der Waals surface area contributed by atoms with Crippen LogP contribution in [0.5, 0.6) is 5.75 Å². The molecule has 2 aromatic carbocycles. The third kappa shape index (κ3) is 1.61. The van der Waals surface area contributed by atoms with Crippen molar-refractivity contribution >= 4 is 10.9 Å². The van der Waals surface area contributed by atoms with Gasteiger partial charge >= 0.3 is 0 Å². The highest BCUT2D eigenvalue weighted by Gasteiger charge is 2.19. The van der Waals surface area contributed by atoms with Crippen molar-refractivity contribution in [3.63, 3.8) is 0 Å². The molecule has 98 valence electrons. The van der Waals surface area contributed by atoms with Crippen LogP contribution < -0.4 is 4.74 Å². The van der Waals surface area contributed by atoms with E-state index in [1.165, 1.54) is 27.6 Å². The first kappa shape index (κ1) is 11.5. The van der Waals surface area contributed by atoms with E-state index in [0.717, 1.165) is 24.1 Å². The molecule has 0 unspecified atom stereocenters. The molecule has 0 saturated heterocycles. The van der Waals surface area contributed by atoms with E-state index in [2.05, 4.69) is 35.3 Å². The van der Waals surface area contributed by atoms with Gasteiger partial charge < -0.3 is 4.74 Å². The monoisotopic (exact) mass is 261 g/mol. The number of hydrogen-bond acceptors (Lipinski definition) is 2. The van der Waals surface area contributed by atoms with Gasteiger partial charge in [-0.15, -0.1) is 0 Å². The molecule has 1 aliphatic rings. The maximum absolute atomic E-state index is 5.34. The fourth-order valence-electron chi connectivity index (χ4n) is 3.11. The van der Waals surface area contributed by atoms with Crippen LogP contribution in [0, 0.1) is 0 Å². The fourth-order valence-corrected chi connectivity index (χ4v) is 3.11. The Hall–Kier alpha value is -2.35. The molecule has 0 aliphatic heterocycles. The van der Waals surface area contributed by atoms with E-state index in [1.807, 2.05) is 18.3 Å². The second-order valence-corrected chi connectivity index (χ2v) is 5.20. The van der Waals surface area contributed by atoms with E-state index in [9.17, 15) is 0 Å². The van der Waals surface area contributed by atoms with Crippen LogP contribution in [-0.2, 0) is 12.8 Å². The summed E-state index contributed by atoms with van der Waals surface area (Å²) in [5.41, 5.74) is 6.45. The van der Waals surface area contributed by atoms with Crippen LogP contribution in [0.25, 0.3) is 22.0 Å². The SMILES string of the molecule is COc1ccc2c(c1)CCc1cnc3ccccc3c1-2. The van der Waals surface area contributed by atoms with Crippen LogP contribution in [0.3, 0.4) is 0 Å². The average molecular weight is 261 g/mol. The third-order valence-electron chi connectivity index (χ3n) is 4.10. The van der Waals surface area contributed by atoms with E-state index in [4.69, 9.17) is 4.74 Å². The number of pyridine rings is 1. The molecule has 2 heteroatoms. The number of ether oxygens (including phenoxy) is 1. The summed E-state index contributed by atoms with van der Waals surface area (Å²) in [6, 6.07) is 14.8. The van der Waals surface area contributed by atoms with Crippen molar-refractivity contribution in [1.29, 1.82) is 0 Å². The minimum Gasteiger partial charge on any atom is -0.497 e. The lowest BCUT2D eigenvalue weighted by Gasteiger charge is -2.21. The standard InChI is InChI=1S/C18H15NO/c1-20-14-8-9-15-12(10-14)6-7-13-11-19-17-5-3-2-4-16(17)18(13)15/h2-5,8-11H,6-7H2,1H3. The predicted molar refractivity (Wildman–Crippen MR) is 81.1 cm³/mol. The van der Waals surface area contributed by atoms with Crippen LogP contribution in [0.15, 0.2) is 48.7 Å². The quantitative estimate of drug-likeness (QED) is 0.660. The van der Waals surface area contributed by atoms with Crippen molar-refractivity contribution in [2.75, 3.05) is 7.11 Å². The van der Waals surface area contributed by atoms with Gasteiger partial charge in [0.2, 0.25) is 0 Å². The van der Waals surface area contributed by atoms with Gasteiger partial charge in [0.05, 0.1) is 12.6 Å². The smallest absolute Gasteiger partial charge is 0.119 e. The van der Waals surface area contributed by atoms with E-state index >= 15 is 0 Å². The summed E-state index contributed by atoms with van der Waals surface area (Å²) in [5, 5.41) is 1.25. The van der Waals surface area contributed by atoms with Crippen molar-refractivity contribution < 1.29 is 4.74 Å². The Morgan fingerprint density at radius 3 is 2.75 bits per heavy atom. The highest BCUT2D eigenvalue weighted by atomic mass is 16.5. The Bertz CT molecular complexity index is 808. The van der Waals surface area contributed by atoms with Crippen LogP contribution >= 0.6 is 0 Å². The van der Waals surface area contributed by atoms with E-state index in [-0.39, 0.29) is 0 Å². The lowest BCUT2D eigenvalue weighted by atomic mass is 9.84. The number of aryl methyl sites for hydroxylation is 2. The van der Waals surface area contributed by atoms with Crippen molar-refractivity contribution in [2.45, 2.75) is 12.8 Å². The zero-order valence-electron chi connectivity index (χ0n) is 11.4. The van der Waals surface area contributed by atoms with E-state index in [1.54, 1.807) is 7.11 Å². The first-order valence-electron chi connectivity index (χ1n) is 6.91. The zero-order valence-corrected chi connectivity index (χ0v) is 11.4. The molecule has 1 aromatic heterocycles. The van der Waals surface area contributed by atoms with Crippen LogP contribution in [0.1, 0.15) is 11.1 Å². The molecule has 1 aliphatic carbocycles. The highest BCUT2D eigenvalue weighted by molar-refractivity contribution is 5.97. The number of benzene rings is 2. The fraction of sp³-hybridized carbons (Fsp3) is 0.167. The summed E-state index contributed by atoms with van der Waals surface area (Å²) < 4.78 is 5.34. The summed E-state index contributed by atoms with van der Waals surface area (Å²) >= 11 is 0. The summed E-state index contributed by atoms with van der Waals surface area (Å²) in [4.78, 5) is 4.58. The predicted octanol–water partition coefficient (Wildman–Crippen LogP) is 4.01. The van der Waals surface area contributed by atoms with Crippen molar-refractivity contribution in [3.8, 4) is 16.9 Å². The normalized spacial score (nSPS) is 12.8. The van der Waals surface area contributed by atoms with E-state index < -0.39 is 0 Å². The molecule has 0 amide bonds. The molecule has 3 aromatic rings. The van der Waals surface area contributed by atoms with E-state index in [0.29, 0.717) is 0 Å². The van der Waals surface area contributed by atoms with Gasteiger partial charge in [-0.1, -0.05) is 24.3 Å². The lowest BCUT2D eigenvalue weighted by Crippen LogP contribution is -2.05. The molecular weight excluding hydrogens is 246 g/mol. The van der Waals surface area contributed by atoms with Gasteiger partial charge in [-0.3, -0.25) is 4.98 Å². The van der Waals surface area contributed by atoms with Gasteiger partial charge in [0.15, 0.2) is 0 Å². The maximum atomic E-state index is 5.34. The van der Waals surface area contributed by atoms with Gasteiger partial charge in [0.25, 0.3) is 0 Å². The van der Waals surface area contributed by atoms with Crippen LogP contribution in [-0.4, -0.2) is 12.1 Å². The molecule has 0 N–H and O–H groups in total. The molecule has 0 radical (unpaired) electrons. The molecule has 0 spiro atoms. The largest absolute Gasteiger partial charge is 0.497 e. The molecule has 1 heterocycles. The van der Waals surface area contributed by atoms with Gasteiger partial charge in [0, 0.05) is 11.6 Å². The first-order chi connectivity index (χ1) is 9.86. The molecular formula is C18H15NO. The van der Waals surface area contributed by atoms with Crippen molar-refractivity contribution in [3.05, 3.63) is 59.8 Å². The van der Waals surface area contributed by atoms with Gasteiger partial charge in [-0.25, -0.2) is 0 Å². The number of hydrogen-bond donors (Lipinski definition) is 0. The molecule has 0 saturated carbocycles. The second-order valence-electron chi connectivity index (χ2n) is 5.20. The molecule has 4 rings (SSSR count). The summed E-state index contributed by atoms with van der Waals surface area (Å²) in [6.07, 6.45) is 4.14. The lowest BCUT2D eigenvalue weighted by molar-refractivity contribution is 0.414. The minimum absolute atomic E-state index is 0.936. The van der Waals surface area contributed by atoms with Crippen molar-refractivity contribution in [1.82, 2.24) is 4.98 Å². The van der Waals surface area contributed by atoms with Crippen LogP contribution in [0.4, 0.5) is 0 Å². The minimum atomic E-state index is 0.936. The zero-order chi connectivity index (χ0) is 13.5. The topological polar surface area (TPSA) is 22.1 Å². The first-order valence-corrected chi connectivity index (χ1v) is 6.91. The highest BCUT2D eigenvalue weighted by Crippen LogP contribution is 2.39. The number of fused-ring (bicyclic) bond motifs is 5. The van der Waals surface area contributed by atoms with Gasteiger partial charge in [-0.05, 0) is 53.3 Å². The molecule has 2 nitrogen and oxygen atoms in total. The number of aromatic nitrogens is 1. The summed E-state index contributed by atoms with van der Waals surface area (Å²) in [7, 11) is 1.72. The second kappa shape index (κ2) is 4.34. The Balaban J connectivity index is 2.05. The maximum Gasteiger partial charge on any atom is 0.119 e. The summed E-state index contributed by atoms with van der Waals surface area (Å²) in [6.45, 7) is 0. The Labute approximate surface area is 118 Å². The molecule has 20 heavy (non-hydrogen) atoms. The molecule has 0 atom stereocenters. The van der Waals surface area contributed by atoms with Crippen molar-refractivity contribution in [2.24, 2.45) is 0 Å². The van der Waals surface area contributed by atoms with Crippen LogP contribution in [0.2, 0.25) is 0 Å². The number of nitrogens with zero attached hydrogens (tertiary/aromatic N) is 1. The number of methoxy groups -OCH3 is 1. The Morgan fingerprint density at radius 2 is 1.85 bits per heavy atom. The van der Waals surface area contributed by atoms with Gasteiger partial charge in [-0.2, -0.15) is 0 Å².